The van der Waals surface area contributed by atoms with E-state index in [1.807, 2.05) is 6.92 Å². The largest absolute Gasteiger partial charge is 0.465 e. The summed E-state index contributed by atoms with van der Waals surface area (Å²) in [4.78, 5) is 11.8. The molecule has 3 atom stereocenters. The topological polar surface area (TPSA) is 29.3 Å². The maximum atomic E-state index is 11.8. The molecule has 92 valence electrons. The fourth-order valence-electron chi connectivity index (χ4n) is 2.04. The highest BCUT2D eigenvalue weighted by molar-refractivity contribution is 7.98. The molecule has 1 aliphatic carbocycles. The molecule has 1 aliphatic heterocycles. The third-order valence-corrected chi connectivity index (χ3v) is 4.04. The van der Waals surface area contributed by atoms with Crippen LogP contribution in [0.4, 0.5) is 0 Å². The molecule has 0 spiro atoms. The first kappa shape index (κ1) is 12.2. The van der Waals surface area contributed by atoms with Crippen molar-refractivity contribution in [3.8, 4) is 0 Å². The summed E-state index contributed by atoms with van der Waals surface area (Å²) >= 11 is 1.79. The van der Waals surface area contributed by atoms with Crippen LogP contribution < -0.4 is 0 Å². The van der Waals surface area contributed by atoms with Crippen LogP contribution in [0.3, 0.4) is 0 Å². The molecule has 2 fully saturated rings. The van der Waals surface area contributed by atoms with Gasteiger partial charge in [0.1, 0.15) is 6.04 Å². The predicted octanol–water partition coefficient (Wildman–Crippen LogP) is 2.46. The zero-order chi connectivity index (χ0) is 11.9. The van der Waals surface area contributed by atoms with Crippen molar-refractivity contribution in [3.63, 3.8) is 0 Å². The summed E-state index contributed by atoms with van der Waals surface area (Å²) in [6.07, 6.45) is 2.56. The molecule has 2 aliphatic rings. The van der Waals surface area contributed by atoms with Gasteiger partial charge >= 0.3 is 5.97 Å². The number of carbonyl (C=O) groups excluding carboxylic acids is 1. The smallest absolute Gasteiger partial charge is 0.325 e. The number of carbonyl (C=O) groups is 1. The van der Waals surface area contributed by atoms with Crippen molar-refractivity contribution in [1.82, 2.24) is 4.31 Å². The molecule has 0 N–H and O–H groups in total. The van der Waals surface area contributed by atoms with Crippen LogP contribution in [-0.2, 0) is 9.53 Å². The first-order valence-electron chi connectivity index (χ1n) is 6.08. The second kappa shape index (κ2) is 4.22. The van der Waals surface area contributed by atoms with Crippen molar-refractivity contribution in [2.45, 2.75) is 57.4 Å². The Kier molecular flexibility index (Phi) is 3.23. The van der Waals surface area contributed by atoms with Gasteiger partial charge in [0.25, 0.3) is 0 Å². The molecule has 0 radical (unpaired) electrons. The lowest BCUT2D eigenvalue weighted by Crippen LogP contribution is -2.17. The predicted molar refractivity (Wildman–Crippen MR) is 66.1 cm³/mol. The van der Waals surface area contributed by atoms with Crippen LogP contribution in [0.25, 0.3) is 0 Å². The van der Waals surface area contributed by atoms with Gasteiger partial charge in [-0.05, 0) is 46.5 Å². The van der Waals surface area contributed by atoms with Gasteiger partial charge in [-0.1, -0.05) is 11.9 Å². The monoisotopic (exact) mass is 243 g/mol. The summed E-state index contributed by atoms with van der Waals surface area (Å²) in [5.74, 6) is 0.709. The molecule has 0 aromatic carbocycles. The molecule has 0 aromatic rings. The molecule has 1 saturated carbocycles. The molecular weight excluding hydrogens is 222 g/mol. The van der Waals surface area contributed by atoms with E-state index >= 15 is 0 Å². The second-order valence-corrected chi connectivity index (χ2v) is 7.42. The number of nitrogens with zero attached hydrogens (tertiary/aromatic N) is 1. The summed E-state index contributed by atoms with van der Waals surface area (Å²) in [6, 6.07) is 0.472. The van der Waals surface area contributed by atoms with Crippen molar-refractivity contribution >= 4 is 17.9 Å². The van der Waals surface area contributed by atoms with Crippen molar-refractivity contribution in [3.05, 3.63) is 0 Å². The van der Waals surface area contributed by atoms with E-state index in [9.17, 15) is 4.79 Å². The molecule has 0 aromatic heterocycles. The van der Waals surface area contributed by atoms with Crippen molar-refractivity contribution in [2.75, 3.05) is 6.61 Å². The molecule has 16 heavy (non-hydrogen) atoms. The Labute approximate surface area is 102 Å². The average molecular weight is 243 g/mol. The molecular formula is C12H21NO2S. The Morgan fingerprint density at radius 2 is 2.06 bits per heavy atom. The Bertz CT molecular complexity index is 283. The minimum absolute atomic E-state index is 0.0247. The van der Waals surface area contributed by atoms with E-state index in [4.69, 9.17) is 4.74 Å². The first-order chi connectivity index (χ1) is 7.44. The van der Waals surface area contributed by atoms with Gasteiger partial charge in [0.05, 0.1) is 12.6 Å². The lowest BCUT2D eigenvalue weighted by atomic mass is 10.2. The van der Waals surface area contributed by atoms with Crippen LogP contribution >= 0.6 is 11.9 Å². The van der Waals surface area contributed by atoms with E-state index in [0.717, 1.165) is 5.92 Å². The Morgan fingerprint density at radius 1 is 1.44 bits per heavy atom. The Morgan fingerprint density at radius 3 is 2.50 bits per heavy atom. The van der Waals surface area contributed by atoms with Crippen LogP contribution in [0.5, 0.6) is 0 Å². The lowest BCUT2D eigenvalue weighted by molar-refractivity contribution is -0.143. The maximum absolute atomic E-state index is 11.8. The van der Waals surface area contributed by atoms with Gasteiger partial charge in [-0.25, -0.2) is 4.31 Å². The number of esters is 1. The number of ether oxygens (including phenoxy) is 1. The maximum Gasteiger partial charge on any atom is 0.325 e. The average Bonchev–Trinajstić information content (AvgIpc) is 2.92. The summed E-state index contributed by atoms with van der Waals surface area (Å²) in [7, 11) is 0. The third kappa shape index (κ3) is 2.72. The van der Waals surface area contributed by atoms with E-state index in [2.05, 4.69) is 25.1 Å². The summed E-state index contributed by atoms with van der Waals surface area (Å²) in [6.45, 7) is 8.90. The number of hydrogen-bond donors (Lipinski definition) is 0. The van der Waals surface area contributed by atoms with Gasteiger partial charge in [0, 0.05) is 4.75 Å². The molecule has 1 saturated heterocycles. The molecule has 4 heteroatoms. The molecule has 1 heterocycles. The SMILES string of the molecule is CCOC(=O)[C@H]1[C@@H](C2CC2)N1SC(C)(C)C. The third-order valence-electron chi connectivity index (χ3n) is 2.81. The molecule has 1 unspecified atom stereocenters. The molecule has 0 amide bonds. The van der Waals surface area contributed by atoms with Gasteiger partial charge in [0.15, 0.2) is 0 Å². The molecule has 3 nitrogen and oxygen atoms in total. The standard InChI is InChI=1S/C12H21NO2S/c1-5-15-11(14)10-9(8-6-7-8)13(10)16-12(2,3)4/h8-10H,5-7H2,1-4H3/t9-,10-,13?/m1/s1. The minimum atomic E-state index is -0.0313. The van der Waals surface area contributed by atoms with E-state index in [1.165, 1.54) is 12.8 Å². The highest BCUT2D eigenvalue weighted by atomic mass is 32.2. The zero-order valence-electron chi connectivity index (χ0n) is 10.5. The van der Waals surface area contributed by atoms with Gasteiger partial charge in [-0.2, -0.15) is 0 Å². The van der Waals surface area contributed by atoms with Gasteiger partial charge in [0.2, 0.25) is 0 Å². The van der Waals surface area contributed by atoms with Crippen LogP contribution in [0.1, 0.15) is 40.5 Å². The van der Waals surface area contributed by atoms with E-state index in [-0.39, 0.29) is 16.8 Å². The Hall–Kier alpha value is -0.220. The normalized spacial score (nSPS) is 33.6. The Balaban J connectivity index is 1.93. The van der Waals surface area contributed by atoms with Crippen LogP contribution in [-0.4, -0.2) is 33.7 Å². The lowest BCUT2D eigenvalue weighted by Gasteiger charge is -2.18. The number of hydrogen-bond acceptors (Lipinski definition) is 4. The number of rotatable bonds is 4. The van der Waals surface area contributed by atoms with Crippen LogP contribution in [0, 0.1) is 5.92 Å². The molecule has 0 bridgehead atoms. The van der Waals surface area contributed by atoms with Crippen LogP contribution in [0.2, 0.25) is 0 Å². The minimum Gasteiger partial charge on any atom is -0.465 e. The highest BCUT2D eigenvalue weighted by Crippen LogP contribution is 2.53. The van der Waals surface area contributed by atoms with Crippen molar-refractivity contribution in [1.29, 1.82) is 0 Å². The molecule has 2 rings (SSSR count). The van der Waals surface area contributed by atoms with Gasteiger partial charge in [-0.3, -0.25) is 4.79 Å². The fourth-order valence-corrected chi connectivity index (χ4v) is 3.35. The van der Waals surface area contributed by atoms with E-state index in [1.54, 1.807) is 11.9 Å². The highest BCUT2D eigenvalue weighted by Gasteiger charge is 2.61. The zero-order valence-corrected chi connectivity index (χ0v) is 11.3. The van der Waals surface area contributed by atoms with Crippen LogP contribution in [0.15, 0.2) is 0 Å². The van der Waals surface area contributed by atoms with Crippen molar-refractivity contribution < 1.29 is 9.53 Å². The van der Waals surface area contributed by atoms with Crippen molar-refractivity contribution in [2.24, 2.45) is 5.92 Å². The summed E-state index contributed by atoms with van der Waals surface area (Å²) in [5, 5.41) is 0. The van der Waals surface area contributed by atoms with Gasteiger partial charge < -0.3 is 4.74 Å². The fraction of sp³-hybridized carbons (Fsp3) is 0.917. The van der Waals surface area contributed by atoms with Gasteiger partial charge in [-0.15, -0.1) is 0 Å². The second-order valence-electron chi connectivity index (χ2n) is 5.59. The summed E-state index contributed by atoms with van der Waals surface area (Å²) in [5.41, 5.74) is 0. The quantitative estimate of drug-likeness (QED) is 0.431. The van der Waals surface area contributed by atoms with E-state index in [0.29, 0.717) is 12.6 Å². The summed E-state index contributed by atoms with van der Waals surface area (Å²) < 4.78 is 7.55. The van der Waals surface area contributed by atoms with E-state index < -0.39 is 0 Å². The first-order valence-corrected chi connectivity index (χ1v) is 6.85.